The minimum absolute atomic E-state index is 0.0866. The van der Waals surface area contributed by atoms with Crippen LogP contribution in [0.2, 0.25) is 0 Å². The van der Waals surface area contributed by atoms with E-state index in [-0.39, 0.29) is 11.4 Å². The molecule has 1 aliphatic rings. The molecule has 0 bridgehead atoms. The zero-order valence-electron chi connectivity index (χ0n) is 16.4. The van der Waals surface area contributed by atoms with Gasteiger partial charge in [0.1, 0.15) is 5.03 Å². The van der Waals surface area contributed by atoms with Crippen molar-refractivity contribution >= 4 is 17.4 Å². The molecule has 0 spiro atoms. The first-order valence-electron chi connectivity index (χ1n) is 9.74. The number of thioether (sulfide) groups is 1. The first kappa shape index (κ1) is 20.5. The Kier molecular flexibility index (Phi) is 6.85. The molecule has 0 amide bonds. The highest BCUT2D eigenvalue weighted by molar-refractivity contribution is 7.98. The van der Waals surface area contributed by atoms with Crippen LogP contribution in [0.25, 0.3) is 0 Å². The number of fused-ring (bicyclic) bond motifs is 1. The van der Waals surface area contributed by atoms with E-state index in [2.05, 4.69) is 23.7 Å². The second-order valence-electron chi connectivity index (χ2n) is 6.87. The minimum atomic E-state index is -0.400. The molecular formula is C20H26N4O3S. The topological polar surface area (TPSA) is 81.3 Å². The summed E-state index contributed by atoms with van der Waals surface area (Å²) in [6, 6.07) is 6.55. The molecule has 0 saturated carbocycles. The summed E-state index contributed by atoms with van der Waals surface area (Å²) in [5.74, 6) is 0.639. The van der Waals surface area contributed by atoms with Gasteiger partial charge in [-0.05, 0) is 37.9 Å². The molecule has 0 N–H and O–H groups in total. The van der Waals surface area contributed by atoms with E-state index in [1.807, 2.05) is 4.57 Å². The Bertz CT molecular complexity index is 892. The molecule has 0 aliphatic heterocycles. The monoisotopic (exact) mass is 402 g/mol. The Balaban J connectivity index is 1.76. The Labute approximate surface area is 168 Å². The molecular weight excluding hydrogens is 376 g/mol. The van der Waals surface area contributed by atoms with Crippen LogP contribution in [-0.4, -0.2) is 39.0 Å². The average Bonchev–Trinajstić information content (AvgIpc) is 3.18. The van der Waals surface area contributed by atoms with E-state index in [9.17, 15) is 14.9 Å². The van der Waals surface area contributed by atoms with Crippen LogP contribution in [0.5, 0.6) is 0 Å². The fraction of sp³-hybridized carbons (Fsp3) is 0.500. The number of nitrogens with zero attached hydrogens (tertiary/aromatic N) is 4. The van der Waals surface area contributed by atoms with Crippen molar-refractivity contribution in [2.75, 3.05) is 19.6 Å². The van der Waals surface area contributed by atoms with Crippen molar-refractivity contribution in [1.29, 1.82) is 0 Å². The van der Waals surface area contributed by atoms with Gasteiger partial charge in [0.25, 0.3) is 5.69 Å². The molecule has 7 nitrogen and oxygen atoms in total. The molecule has 8 heteroatoms. The molecule has 28 heavy (non-hydrogen) atoms. The molecule has 2 aromatic rings. The van der Waals surface area contributed by atoms with Crippen molar-refractivity contribution in [2.24, 2.45) is 0 Å². The molecule has 150 valence electrons. The predicted molar refractivity (Wildman–Crippen MR) is 111 cm³/mol. The summed E-state index contributed by atoms with van der Waals surface area (Å²) in [6.07, 6.45) is 2.93. The number of hydrogen-bond acceptors (Lipinski definition) is 6. The lowest BCUT2D eigenvalue weighted by molar-refractivity contribution is -0.384. The number of aromatic nitrogens is 2. The third-order valence-corrected chi connectivity index (χ3v) is 6.35. The standard InChI is InChI=1S/C20H26N4O3S/c1-3-22(4-2)12-13-23-18-7-5-6-17(18)19(21-20(23)25)28-14-15-8-10-16(11-9-15)24(26)27/h8-11H,3-7,12-14H2,1-2H3. The molecule has 1 aromatic heterocycles. The second-order valence-corrected chi connectivity index (χ2v) is 7.83. The van der Waals surface area contributed by atoms with Gasteiger partial charge in [0.05, 0.1) is 4.92 Å². The summed E-state index contributed by atoms with van der Waals surface area (Å²) in [7, 11) is 0. The Morgan fingerprint density at radius 3 is 2.57 bits per heavy atom. The van der Waals surface area contributed by atoms with Crippen LogP contribution in [0.15, 0.2) is 34.1 Å². The van der Waals surface area contributed by atoms with Gasteiger partial charge in [-0.3, -0.25) is 14.7 Å². The van der Waals surface area contributed by atoms with Gasteiger partial charge in [-0.25, -0.2) is 4.79 Å². The Morgan fingerprint density at radius 2 is 1.93 bits per heavy atom. The largest absolute Gasteiger partial charge is 0.348 e. The quantitative estimate of drug-likeness (QED) is 0.277. The number of hydrogen-bond donors (Lipinski definition) is 0. The summed E-state index contributed by atoms with van der Waals surface area (Å²) in [6.45, 7) is 7.76. The zero-order chi connectivity index (χ0) is 20.1. The van der Waals surface area contributed by atoms with Gasteiger partial charge < -0.3 is 4.90 Å². The second kappa shape index (κ2) is 9.34. The van der Waals surface area contributed by atoms with Crippen LogP contribution in [0.1, 0.15) is 37.1 Å². The zero-order valence-corrected chi connectivity index (χ0v) is 17.2. The number of nitro groups is 1. The van der Waals surface area contributed by atoms with E-state index < -0.39 is 4.92 Å². The van der Waals surface area contributed by atoms with E-state index in [4.69, 9.17) is 0 Å². The molecule has 0 radical (unpaired) electrons. The highest BCUT2D eigenvalue weighted by Crippen LogP contribution is 2.31. The molecule has 1 aromatic carbocycles. The molecule has 0 unspecified atom stereocenters. The average molecular weight is 403 g/mol. The predicted octanol–water partition coefficient (Wildman–Crippen LogP) is 3.27. The number of non-ortho nitro benzene ring substituents is 1. The third-order valence-electron chi connectivity index (χ3n) is 5.26. The minimum Gasteiger partial charge on any atom is -0.302 e. The number of rotatable bonds is 9. The van der Waals surface area contributed by atoms with E-state index in [0.717, 1.165) is 55.2 Å². The highest BCUT2D eigenvalue weighted by Gasteiger charge is 2.22. The smallest absolute Gasteiger partial charge is 0.302 e. The summed E-state index contributed by atoms with van der Waals surface area (Å²) in [5.41, 5.74) is 3.24. The molecule has 3 rings (SSSR count). The van der Waals surface area contributed by atoms with Gasteiger partial charge in [-0.2, -0.15) is 4.98 Å². The molecule has 1 aliphatic carbocycles. The number of nitro benzene ring substituents is 1. The van der Waals surface area contributed by atoms with Crippen LogP contribution in [0.4, 0.5) is 5.69 Å². The molecule has 0 fully saturated rings. The van der Waals surface area contributed by atoms with Crippen molar-refractivity contribution in [3.63, 3.8) is 0 Å². The Morgan fingerprint density at radius 1 is 1.21 bits per heavy atom. The van der Waals surface area contributed by atoms with Crippen LogP contribution >= 0.6 is 11.8 Å². The first-order chi connectivity index (χ1) is 13.5. The van der Waals surface area contributed by atoms with Crippen LogP contribution in [0, 0.1) is 10.1 Å². The summed E-state index contributed by atoms with van der Waals surface area (Å²) in [5, 5.41) is 11.6. The summed E-state index contributed by atoms with van der Waals surface area (Å²) in [4.78, 5) is 29.7. The van der Waals surface area contributed by atoms with Crippen molar-refractivity contribution in [2.45, 2.75) is 50.4 Å². The van der Waals surface area contributed by atoms with Gasteiger partial charge >= 0.3 is 5.69 Å². The number of benzene rings is 1. The van der Waals surface area contributed by atoms with Gasteiger partial charge in [-0.15, -0.1) is 11.8 Å². The molecule has 0 saturated heterocycles. The molecule has 0 atom stereocenters. The van der Waals surface area contributed by atoms with Crippen molar-refractivity contribution in [1.82, 2.24) is 14.5 Å². The molecule has 1 heterocycles. The summed E-state index contributed by atoms with van der Waals surface area (Å²) >= 11 is 1.54. The van der Waals surface area contributed by atoms with Gasteiger partial charge in [-0.1, -0.05) is 26.0 Å². The lowest BCUT2D eigenvalue weighted by Gasteiger charge is -2.20. The lowest BCUT2D eigenvalue weighted by Crippen LogP contribution is -2.33. The van der Waals surface area contributed by atoms with Gasteiger partial charge in [0, 0.05) is 42.2 Å². The fourth-order valence-electron chi connectivity index (χ4n) is 3.58. The van der Waals surface area contributed by atoms with Crippen LogP contribution in [0.3, 0.4) is 0 Å². The lowest BCUT2D eigenvalue weighted by atomic mass is 10.2. The third kappa shape index (κ3) is 4.62. The summed E-state index contributed by atoms with van der Waals surface area (Å²) < 4.78 is 1.86. The highest BCUT2D eigenvalue weighted by atomic mass is 32.2. The van der Waals surface area contributed by atoms with E-state index in [1.165, 1.54) is 17.7 Å². The van der Waals surface area contributed by atoms with Crippen molar-refractivity contribution < 1.29 is 4.92 Å². The fourth-order valence-corrected chi connectivity index (χ4v) is 4.62. The van der Waals surface area contributed by atoms with Crippen molar-refractivity contribution in [3.05, 3.63) is 61.7 Å². The maximum absolute atomic E-state index is 12.7. The maximum Gasteiger partial charge on any atom is 0.348 e. The first-order valence-corrected chi connectivity index (χ1v) is 10.7. The van der Waals surface area contributed by atoms with Crippen LogP contribution < -0.4 is 5.69 Å². The Hall–Kier alpha value is -2.19. The normalized spacial score (nSPS) is 13.1. The van der Waals surface area contributed by atoms with Gasteiger partial charge in [0.2, 0.25) is 0 Å². The van der Waals surface area contributed by atoms with E-state index in [0.29, 0.717) is 12.3 Å². The SMILES string of the molecule is CCN(CC)CCn1c2c(c(SCc3ccc([N+](=O)[O-])cc3)nc1=O)CCC2. The van der Waals surface area contributed by atoms with Crippen molar-refractivity contribution in [3.8, 4) is 0 Å². The maximum atomic E-state index is 12.7. The van der Waals surface area contributed by atoms with Crippen LogP contribution in [-0.2, 0) is 25.1 Å². The van der Waals surface area contributed by atoms with E-state index >= 15 is 0 Å². The van der Waals surface area contributed by atoms with E-state index in [1.54, 1.807) is 23.9 Å². The number of likely N-dealkylation sites (N-methyl/N-ethyl adjacent to an activating group) is 1. The van der Waals surface area contributed by atoms with Gasteiger partial charge in [0.15, 0.2) is 0 Å².